The molecule has 1 N–H and O–H groups in total. The highest BCUT2D eigenvalue weighted by atomic mass is 35.5. The van der Waals surface area contributed by atoms with E-state index < -0.39 is 15.9 Å². The minimum atomic E-state index is -3.55. The molecule has 0 aromatic heterocycles. The molecule has 0 aliphatic carbocycles. The third-order valence-electron chi connectivity index (χ3n) is 4.80. The first-order valence-corrected chi connectivity index (χ1v) is 11.0. The molecule has 0 spiro atoms. The van der Waals surface area contributed by atoms with Crippen LogP contribution in [-0.2, 0) is 20.6 Å². The van der Waals surface area contributed by atoms with E-state index in [9.17, 15) is 13.2 Å². The molecule has 1 fully saturated rings. The first-order valence-electron chi connectivity index (χ1n) is 9.05. The van der Waals surface area contributed by atoms with Gasteiger partial charge in [-0.3, -0.25) is 4.79 Å². The third kappa shape index (κ3) is 5.04. The Bertz CT molecular complexity index is 931. The molecule has 2 aromatic rings. The highest BCUT2D eigenvalue weighted by Gasteiger charge is 2.32. The van der Waals surface area contributed by atoms with Crippen LogP contribution < -0.4 is 10.1 Å². The van der Waals surface area contributed by atoms with Gasteiger partial charge in [0.25, 0.3) is 0 Å². The van der Waals surface area contributed by atoms with Gasteiger partial charge in [0, 0.05) is 23.8 Å². The molecule has 0 radical (unpaired) electrons. The number of carbonyl (C=O) groups excluding carboxylic acids is 1. The van der Waals surface area contributed by atoms with E-state index in [4.69, 9.17) is 16.3 Å². The molecule has 1 saturated heterocycles. The van der Waals surface area contributed by atoms with Gasteiger partial charge in [-0.2, -0.15) is 0 Å². The van der Waals surface area contributed by atoms with Crippen molar-refractivity contribution in [3.63, 3.8) is 0 Å². The molecule has 1 amide bonds. The monoisotopic (exact) mass is 422 g/mol. The second-order valence-electron chi connectivity index (χ2n) is 6.76. The predicted molar refractivity (Wildman–Crippen MR) is 110 cm³/mol. The van der Waals surface area contributed by atoms with Crippen LogP contribution in [0.3, 0.4) is 0 Å². The maximum Gasteiger partial charge on any atom is 0.228 e. The number of amides is 1. The maximum absolute atomic E-state index is 12.8. The number of benzene rings is 2. The molecule has 3 rings (SSSR count). The fourth-order valence-corrected chi connectivity index (χ4v) is 5.15. The summed E-state index contributed by atoms with van der Waals surface area (Å²) in [6.45, 7) is 0.591. The lowest BCUT2D eigenvalue weighted by Gasteiger charge is -2.31. The summed E-state index contributed by atoms with van der Waals surface area (Å²) in [6.07, 6.45) is 1.29. The summed E-state index contributed by atoms with van der Waals surface area (Å²) >= 11 is 6.10. The van der Waals surface area contributed by atoms with E-state index in [0.717, 1.165) is 0 Å². The number of nitrogens with zero attached hydrogens (tertiary/aromatic N) is 1. The summed E-state index contributed by atoms with van der Waals surface area (Å²) in [5.41, 5.74) is 1.22. The van der Waals surface area contributed by atoms with E-state index in [2.05, 4.69) is 5.32 Å². The highest BCUT2D eigenvalue weighted by molar-refractivity contribution is 7.88. The van der Waals surface area contributed by atoms with Crippen LogP contribution in [0.25, 0.3) is 0 Å². The van der Waals surface area contributed by atoms with Crippen molar-refractivity contribution in [1.29, 1.82) is 0 Å². The van der Waals surface area contributed by atoms with Crippen molar-refractivity contribution < 1.29 is 17.9 Å². The fourth-order valence-electron chi connectivity index (χ4n) is 3.23. The zero-order chi connectivity index (χ0) is 20.1. The second kappa shape index (κ2) is 8.94. The van der Waals surface area contributed by atoms with Crippen molar-refractivity contribution in [2.75, 3.05) is 25.5 Å². The van der Waals surface area contributed by atoms with Gasteiger partial charge >= 0.3 is 0 Å². The van der Waals surface area contributed by atoms with Gasteiger partial charge in [0.05, 0.1) is 18.8 Å². The smallest absolute Gasteiger partial charge is 0.228 e. The van der Waals surface area contributed by atoms with Crippen LogP contribution in [0.2, 0.25) is 5.02 Å². The first kappa shape index (κ1) is 20.6. The number of carbonyl (C=O) groups is 1. The van der Waals surface area contributed by atoms with E-state index >= 15 is 0 Å². The Hall–Kier alpha value is -2.09. The number of rotatable bonds is 6. The molecule has 1 unspecified atom stereocenters. The Morgan fingerprint density at radius 3 is 2.61 bits per heavy atom. The number of methoxy groups -OCH3 is 1. The quantitative estimate of drug-likeness (QED) is 0.772. The summed E-state index contributed by atoms with van der Waals surface area (Å²) < 4.78 is 32.2. The molecule has 1 aliphatic heterocycles. The van der Waals surface area contributed by atoms with E-state index in [1.165, 1.54) is 4.31 Å². The van der Waals surface area contributed by atoms with Crippen LogP contribution in [0.15, 0.2) is 48.5 Å². The molecule has 2 aromatic carbocycles. The Labute approximate surface area is 170 Å². The summed E-state index contributed by atoms with van der Waals surface area (Å²) in [7, 11) is -1.98. The fraction of sp³-hybridized carbons (Fsp3) is 0.350. The lowest BCUT2D eigenvalue weighted by atomic mass is 9.99. The molecule has 6 nitrogen and oxygen atoms in total. The topological polar surface area (TPSA) is 75.7 Å². The van der Waals surface area contributed by atoms with Gasteiger partial charge < -0.3 is 10.1 Å². The van der Waals surface area contributed by atoms with E-state index in [1.54, 1.807) is 55.6 Å². The molecule has 1 aliphatic rings. The van der Waals surface area contributed by atoms with Gasteiger partial charge in [0.2, 0.25) is 15.9 Å². The number of sulfonamides is 1. The largest absolute Gasteiger partial charge is 0.497 e. The zero-order valence-electron chi connectivity index (χ0n) is 15.6. The van der Waals surface area contributed by atoms with E-state index in [1.807, 2.05) is 0 Å². The van der Waals surface area contributed by atoms with Crippen LogP contribution >= 0.6 is 11.6 Å². The van der Waals surface area contributed by atoms with Gasteiger partial charge in [0.1, 0.15) is 5.75 Å². The van der Waals surface area contributed by atoms with E-state index in [-0.39, 0.29) is 18.2 Å². The average molecular weight is 423 g/mol. The molecular formula is C20H23ClN2O4S. The molecule has 0 saturated carbocycles. The molecular weight excluding hydrogens is 400 g/mol. The van der Waals surface area contributed by atoms with Crippen molar-refractivity contribution in [2.45, 2.75) is 18.6 Å². The standard InChI is InChI=1S/C20H23ClN2O4S/c1-27-18-10-8-17(9-11-18)22-20(24)15-6-4-12-23(13-15)28(25,26)14-16-5-2-3-7-19(16)21/h2-3,5,7-11,15H,4,6,12-14H2,1H3,(H,22,24). The molecule has 0 bridgehead atoms. The SMILES string of the molecule is COc1ccc(NC(=O)C2CCCN(S(=O)(=O)Cc3ccccc3Cl)C2)cc1. The third-order valence-corrected chi connectivity index (χ3v) is 6.96. The van der Waals surface area contributed by atoms with E-state index in [0.29, 0.717) is 41.4 Å². The van der Waals surface area contributed by atoms with Crippen LogP contribution in [0.4, 0.5) is 5.69 Å². The van der Waals surface area contributed by atoms with Crippen LogP contribution in [0.1, 0.15) is 18.4 Å². The normalized spacial score (nSPS) is 17.9. The minimum Gasteiger partial charge on any atom is -0.497 e. The molecule has 28 heavy (non-hydrogen) atoms. The van der Waals surface area contributed by atoms with Gasteiger partial charge in [0.15, 0.2) is 0 Å². The summed E-state index contributed by atoms with van der Waals surface area (Å²) in [6, 6.07) is 13.9. The number of hydrogen-bond donors (Lipinski definition) is 1. The predicted octanol–water partition coefficient (Wildman–Crippen LogP) is 3.53. The number of hydrogen-bond acceptors (Lipinski definition) is 4. The van der Waals surface area contributed by atoms with Gasteiger partial charge in [-0.15, -0.1) is 0 Å². The number of anilines is 1. The molecule has 150 valence electrons. The number of halogens is 1. The first-order chi connectivity index (χ1) is 13.4. The van der Waals surface area contributed by atoms with Crippen molar-refractivity contribution in [1.82, 2.24) is 4.31 Å². The Balaban J connectivity index is 1.65. The van der Waals surface area contributed by atoms with Crippen molar-refractivity contribution in [2.24, 2.45) is 5.92 Å². The Morgan fingerprint density at radius 1 is 1.21 bits per heavy atom. The van der Waals surface area contributed by atoms with Gasteiger partial charge in [-0.1, -0.05) is 29.8 Å². The highest BCUT2D eigenvalue weighted by Crippen LogP contribution is 2.25. The van der Waals surface area contributed by atoms with Gasteiger partial charge in [-0.05, 0) is 48.7 Å². The van der Waals surface area contributed by atoms with Crippen molar-refractivity contribution in [3.8, 4) is 5.75 Å². The number of piperidine rings is 1. The van der Waals surface area contributed by atoms with Crippen LogP contribution in [-0.4, -0.2) is 38.8 Å². The Morgan fingerprint density at radius 2 is 1.93 bits per heavy atom. The van der Waals surface area contributed by atoms with Gasteiger partial charge in [-0.25, -0.2) is 12.7 Å². The number of ether oxygens (including phenoxy) is 1. The molecule has 8 heteroatoms. The van der Waals surface area contributed by atoms with Crippen LogP contribution in [0, 0.1) is 5.92 Å². The average Bonchev–Trinajstić information content (AvgIpc) is 2.70. The Kier molecular flexibility index (Phi) is 6.59. The van der Waals surface area contributed by atoms with Crippen molar-refractivity contribution in [3.05, 3.63) is 59.1 Å². The lowest BCUT2D eigenvalue weighted by Crippen LogP contribution is -2.44. The van der Waals surface area contributed by atoms with Crippen LogP contribution in [0.5, 0.6) is 5.75 Å². The molecule has 1 heterocycles. The summed E-state index contributed by atoms with van der Waals surface area (Å²) in [5.74, 6) is -0.0355. The summed E-state index contributed by atoms with van der Waals surface area (Å²) in [4.78, 5) is 12.6. The van der Waals surface area contributed by atoms with Crippen molar-refractivity contribution >= 4 is 33.2 Å². The lowest BCUT2D eigenvalue weighted by molar-refractivity contribution is -0.120. The second-order valence-corrected chi connectivity index (χ2v) is 9.14. The minimum absolute atomic E-state index is 0.167. The molecule has 1 atom stereocenters. The number of nitrogens with one attached hydrogen (secondary N) is 1. The zero-order valence-corrected chi connectivity index (χ0v) is 17.2. The maximum atomic E-state index is 12.8. The summed E-state index contributed by atoms with van der Waals surface area (Å²) in [5, 5.41) is 3.28.